The Bertz CT molecular complexity index is 531. The summed E-state index contributed by atoms with van der Waals surface area (Å²) in [5.74, 6) is 1.54. The van der Waals surface area contributed by atoms with Crippen molar-refractivity contribution in [2.24, 2.45) is 0 Å². The predicted molar refractivity (Wildman–Crippen MR) is 63.6 cm³/mol. The Hall–Kier alpha value is -1.23. The highest BCUT2D eigenvalue weighted by Gasteiger charge is 2.29. The lowest BCUT2D eigenvalue weighted by Crippen LogP contribution is -2.02. The smallest absolute Gasteiger partial charge is 0.159 e. The van der Waals surface area contributed by atoms with Crippen LogP contribution < -0.4 is 0 Å². The second kappa shape index (κ2) is 3.66. The van der Waals surface area contributed by atoms with Crippen molar-refractivity contribution < 1.29 is 0 Å². The van der Waals surface area contributed by atoms with Gasteiger partial charge in [-0.2, -0.15) is 4.68 Å². The van der Waals surface area contributed by atoms with E-state index >= 15 is 0 Å². The SMILES string of the molecule is Cc1cc(-n2nnnc2C2CC2)ccc1Br. The minimum Gasteiger partial charge on any atom is -0.197 e. The summed E-state index contributed by atoms with van der Waals surface area (Å²) >= 11 is 3.49. The van der Waals surface area contributed by atoms with E-state index in [1.807, 2.05) is 16.8 Å². The number of aryl methyl sites for hydroxylation is 1. The number of rotatable bonds is 2. The molecule has 1 fully saturated rings. The number of hydrogen-bond acceptors (Lipinski definition) is 3. The number of hydrogen-bond donors (Lipinski definition) is 0. The lowest BCUT2D eigenvalue weighted by atomic mass is 10.2. The van der Waals surface area contributed by atoms with Gasteiger partial charge in [0.15, 0.2) is 5.82 Å². The molecule has 1 aliphatic carbocycles. The lowest BCUT2D eigenvalue weighted by Gasteiger charge is -2.05. The Balaban J connectivity index is 2.07. The molecule has 0 aliphatic heterocycles. The van der Waals surface area contributed by atoms with Crippen molar-refractivity contribution in [3.63, 3.8) is 0 Å². The number of aromatic nitrogens is 4. The number of benzene rings is 1. The molecule has 5 heteroatoms. The summed E-state index contributed by atoms with van der Waals surface area (Å²) < 4.78 is 2.95. The van der Waals surface area contributed by atoms with Crippen molar-refractivity contribution in [1.82, 2.24) is 20.2 Å². The van der Waals surface area contributed by atoms with Crippen molar-refractivity contribution in [2.75, 3.05) is 0 Å². The molecule has 0 saturated heterocycles. The minimum atomic E-state index is 0.555. The Labute approximate surface area is 102 Å². The van der Waals surface area contributed by atoms with Crippen LogP contribution in [0.15, 0.2) is 22.7 Å². The summed E-state index contributed by atoms with van der Waals surface area (Å²) in [7, 11) is 0. The number of nitrogens with zero attached hydrogens (tertiary/aromatic N) is 4. The monoisotopic (exact) mass is 278 g/mol. The first kappa shape index (κ1) is 9.96. The van der Waals surface area contributed by atoms with Gasteiger partial charge in [0.25, 0.3) is 0 Å². The fourth-order valence-electron chi connectivity index (χ4n) is 1.73. The van der Waals surface area contributed by atoms with Crippen LogP contribution in [0.1, 0.15) is 30.1 Å². The van der Waals surface area contributed by atoms with E-state index in [-0.39, 0.29) is 0 Å². The van der Waals surface area contributed by atoms with Gasteiger partial charge in [-0.3, -0.25) is 0 Å². The molecule has 82 valence electrons. The van der Waals surface area contributed by atoms with Gasteiger partial charge in [0.1, 0.15) is 0 Å². The largest absolute Gasteiger partial charge is 0.197 e. The maximum atomic E-state index is 4.10. The Morgan fingerprint density at radius 2 is 2.19 bits per heavy atom. The summed E-state index contributed by atoms with van der Waals surface area (Å²) in [5.41, 5.74) is 2.22. The third-order valence-electron chi connectivity index (χ3n) is 2.82. The van der Waals surface area contributed by atoms with E-state index in [4.69, 9.17) is 0 Å². The van der Waals surface area contributed by atoms with Gasteiger partial charge >= 0.3 is 0 Å². The third-order valence-corrected chi connectivity index (χ3v) is 3.71. The molecule has 1 aromatic heterocycles. The highest BCUT2D eigenvalue weighted by molar-refractivity contribution is 9.10. The molecule has 1 saturated carbocycles. The molecule has 0 N–H and O–H groups in total. The molecule has 1 aliphatic rings. The van der Waals surface area contributed by atoms with Crippen LogP contribution in [0.25, 0.3) is 5.69 Å². The number of halogens is 1. The Kier molecular flexibility index (Phi) is 2.28. The molecule has 2 aromatic rings. The predicted octanol–water partition coefficient (Wildman–Crippen LogP) is 2.61. The average molecular weight is 279 g/mol. The highest BCUT2D eigenvalue weighted by atomic mass is 79.9. The molecule has 1 aromatic carbocycles. The van der Waals surface area contributed by atoms with Gasteiger partial charge < -0.3 is 0 Å². The minimum absolute atomic E-state index is 0.555. The molecule has 3 rings (SSSR count). The molecule has 0 unspecified atom stereocenters. The fourth-order valence-corrected chi connectivity index (χ4v) is 1.98. The zero-order chi connectivity index (χ0) is 11.1. The van der Waals surface area contributed by atoms with Crippen LogP contribution in [-0.4, -0.2) is 20.2 Å². The maximum Gasteiger partial charge on any atom is 0.159 e. The van der Waals surface area contributed by atoms with Crippen molar-refractivity contribution in [3.8, 4) is 5.69 Å². The average Bonchev–Trinajstić information content (AvgIpc) is 3.01. The van der Waals surface area contributed by atoms with Crippen molar-refractivity contribution in [2.45, 2.75) is 25.7 Å². The highest BCUT2D eigenvalue weighted by Crippen LogP contribution is 2.39. The first-order chi connectivity index (χ1) is 7.75. The molecule has 0 amide bonds. The molecular weight excluding hydrogens is 268 g/mol. The normalized spacial score (nSPS) is 15.4. The van der Waals surface area contributed by atoms with E-state index in [1.54, 1.807) is 0 Å². The second-order valence-corrected chi connectivity index (χ2v) is 5.01. The Morgan fingerprint density at radius 3 is 2.88 bits per heavy atom. The summed E-state index contributed by atoms with van der Waals surface area (Å²) in [6, 6.07) is 6.15. The molecule has 0 spiro atoms. The van der Waals surface area contributed by atoms with Gasteiger partial charge in [0.05, 0.1) is 5.69 Å². The quantitative estimate of drug-likeness (QED) is 0.848. The molecular formula is C11H11BrN4. The van der Waals surface area contributed by atoms with E-state index in [2.05, 4.69) is 44.4 Å². The van der Waals surface area contributed by atoms with Crippen LogP contribution in [0.2, 0.25) is 0 Å². The van der Waals surface area contributed by atoms with Gasteiger partial charge in [-0.1, -0.05) is 15.9 Å². The molecule has 4 nitrogen and oxygen atoms in total. The van der Waals surface area contributed by atoms with E-state index in [1.165, 1.54) is 18.4 Å². The maximum absolute atomic E-state index is 4.10. The van der Waals surface area contributed by atoms with E-state index in [0.29, 0.717) is 5.92 Å². The van der Waals surface area contributed by atoms with Crippen LogP contribution in [0.3, 0.4) is 0 Å². The van der Waals surface area contributed by atoms with Crippen molar-refractivity contribution in [3.05, 3.63) is 34.1 Å². The lowest BCUT2D eigenvalue weighted by molar-refractivity contribution is 0.762. The molecule has 0 atom stereocenters. The van der Waals surface area contributed by atoms with Crippen LogP contribution >= 0.6 is 15.9 Å². The molecule has 16 heavy (non-hydrogen) atoms. The zero-order valence-corrected chi connectivity index (χ0v) is 10.5. The standard InChI is InChI=1S/C11H11BrN4/c1-7-6-9(4-5-10(7)12)16-11(8-2-3-8)13-14-15-16/h4-6,8H,2-3H2,1H3. The number of tetrazole rings is 1. The zero-order valence-electron chi connectivity index (χ0n) is 8.89. The van der Waals surface area contributed by atoms with Crippen molar-refractivity contribution in [1.29, 1.82) is 0 Å². The van der Waals surface area contributed by atoms with Gasteiger partial charge in [-0.05, 0) is 54.0 Å². The van der Waals surface area contributed by atoms with Crippen LogP contribution in [0.5, 0.6) is 0 Å². The van der Waals surface area contributed by atoms with Crippen LogP contribution in [-0.2, 0) is 0 Å². The van der Waals surface area contributed by atoms with E-state index in [9.17, 15) is 0 Å². The van der Waals surface area contributed by atoms with Gasteiger partial charge in [0, 0.05) is 10.4 Å². The summed E-state index contributed by atoms with van der Waals surface area (Å²) in [6.45, 7) is 2.06. The topological polar surface area (TPSA) is 43.6 Å². The van der Waals surface area contributed by atoms with Gasteiger partial charge in [-0.25, -0.2) is 0 Å². The van der Waals surface area contributed by atoms with Crippen LogP contribution in [0.4, 0.5) is 0 Å². The second-order valence-electron chi connectivity index (χ2n) is 4.16. The summed E-state index contributed by atoms with van der Waals surface area (Å²) in [4.78, 5) is 0. The summed E-state index contributed by atoms with van der Waals surface area (Å²) in [5, 5.41) is 11.9. The van der Waals surface area contributed by atoms with E-state index < -0.39 is 0 Å². The van der Waals surface area contributed by atoms with Crippen molar-refractivity contribution >= 4 is 15.9 Å². The molecule has 0 radical (unpaired) electrons. The molecule has 1 heterocycles. The van der Waals surface area contributed by atoms with Gasteiger partial charge in [-0.15, -0.1) is 5.10 Å². The Morgan fingerprint density at radius 1 is 1.38 bits per heavy atom. The first-order valence-corrected chi connectivity index (χ1v) is 6.10. The fraction of sp³-hybridized carbons (Fsp3) is 0.364. The third kappa shape index (κ3) is 1.65. The van der Waals surface area contributed by atoms with Gasteiger partial charge in [0.2, 0.25) is 0 Å². The van der Waals surface area contributed by atoms with E-state index in [0.717, 1.165) is 16.0 Å². The van der Waals surface area contributed by atoms with Crippen LogP contribution in [0, 0.1) is 6.92 Å². The molecule has 0 bridgehead atoms. The first-order valence-electron chi connectivity index (χ1n) is 5.30. The summed E-state index contributed by atoms with van der Waals surface area (Å²) in [6.07, 6.45) is 2.41.